The van der Waals surface area contributed by atoms with E-state index in [1.807, 2.05) is 0 Å². The molecule has 7 rings (SSSR count). The summed E-state index contributed by atoms with van der Waals surface area (Å²) in [7, 11) is 0. The molecule has 52 heavy (non-hydrogen) atoms. The van der Waals surface area contributed by atoms with E-state index in [4.69, 9.17) is 0 Å². The molecular weight excluding hydrogens is 627 g/mol. The highest BCUT2D eigenvalue weighted by molar-refractivity contribution is 7.00. The van der Waals surface area contributed by atoms with Crippen LogP contribution in [0.2, 0.25) is 0 Å². The van der Waals surface area contributed by atoms with Gasteiger partial charge >= 0.3 is 0 Å². The fourth-order valence-electron chi connectivity index (χ4n) is 8.33. The minimum Gasteiger partial charge on any atom is -0.311 e. The zero-order chi connectivity index (χ0) is 37.9. The SMILES string of the molecule is Cc1cc2c3c(c1)N(c1ccc(C(C)(C)C)cc1C)c1cc(C(C)(C)C)ccc1B3c1cc(C(C)(C)C)ccc1N2c1ccc(C(C)(C)C)cc1C. The van der Waals surface area contributed by atoms with Gasteiger partial charge in [-0.25, -0.2) is 0 Å². The Hall–Kier alpha value is -4.24. The van der Waals surface area contributed by atoms with Gasteiger partial charge in [0.15, 0.2) is 0 Å². The summed E-state index contributed by atoms with van der Waals surface area (Å²) >= 11 is 0. The number of hydrogen-bond acceptors (Lipinski definition) is 2. The Morgan fingerprint density at radius 2 is 0.750 bits per heavy atom. The summed E-state index contributed by atoms with van der Waals surface area (Å²) in [5, 5.41) is 0. The molecule has 0 aliphatic carbocycles. The topological polar surface area (TPSA) is 6.48 Å². The number of hydrogen-bond donors (Lipinski definition) is 0. The van der Waals surface area contributed by atoms with Crippen molar-refractivity contribution in [3.63, 3.8) is 0 Å². The first-order chi connectivity index (χ1) is 24.1. The number of fused-ring (bicyclic) bond motifs is 4. The summed E-state index contributed by atoms with van der Waals surface area (Å²) in [4.78, 5) is 5.18. The standard InChI is InChI=1S/C49H59BN2/c1-30-24-43-45-44(25-30)52(40-22-18-34(27-32(40)3)47(7,8)9)42-29-36(49(13,14)15)16-20-37(42)50(45)38-28-35(48(10,11)12)19-23-41(38)51(43)39-21-17-33(26-31(39)2)46(4,5)6/h16-29H,1-15H3. The fraction of sp³-hybridized carbons (Fsp3) is 0.388. The van der Waals surface area contributed by atoms with Crippen LogP contribution in [-0.4, -0.2) is 6.71 Å². The molecular formula is C49H59BN2. The molecule has 5 aromatic rings. The molecule has 2 nitrogen and oxygen atoms in total. The second-order valence-corrected chi connectivity index (χ2v) is 19.9. The molecule has 2 aliphatic rings. The molecule has 0 fully saturated rings. The Morgan fingerprint density at radius 3 is 1.19 bits per heavy atom. The maximum atomic E-state index is 2.60. The van der Waals surface area contributed by atoms with E-state index in [0.717, 1.165) is 0 Å². The Kier molecular flexibility index (Phi) is 8.26. The van der Waals surface area contributed by atoms with E-state index in [1.54, 1.807) is 0 Å². The molecule has 0 saturated carbocycles. The Labute approximate surface area is 315 Å². The van der Waals surface area contributed by atoms with Crippen LogP contribution in [0, 0.1) is 20.8 Å². The summed E-state index contributed by atoms with van der Waals surface area (Å²) in [5.74, 6) is 0. The van der Waals surface area contributed by atoms with E-state index in [2.05, 4.69) is 199 Å². The Bertz CT molecular complexity index is 2230. The van der Waals surface area contributed by atoms with Crippen molar-refractivity contribution in [2.24, 2.45) is 0 Å². The van der Waals surface area contributed by atoms with Gasteiger partial charge in [-0.05, 0) is 134 Å². The Morgan fingerprint density at radius 1 is 0.365 bits per heavy atom. The lowest BCUT2D eigenvalue weighted by atomic mass is 9.33. The zero-order valence-corrected chi connectivity index (χ0v) is 34.6. The van der Waals surface area contributed by atoms with Gasteiger partial charge in [0.05, 0.1) is 0 Å². The number of nitrogens with zero attached hydrogens (tertiary/aromatic N) is 2. The largest absolute Gasteiger partial charge is 0.311 e. The lowest BCUT2D eigenvalue weighted by Gasteiger charge is -2.45. The minimum absolute atomic E-state index is 0.0152. The van der Waals surface area contributed by atoms with E-state index in [9.17, 15) is 0 Å². The molecule has 268 valence electrons. The van der Waals surface area contributed by atoms with Crippen LogP contribution in [0.3, 0.4) is 0 Å². The molecule has 0 atom stereocenters. The summed E-state index contributed by atoms with van der Waals surface area (Å²) in [6, 6.07) is 33.8. The smallest absolute Gasteiger partial charge is 0.252 e. The van der Waals surface area contributed by atoms with Crippen LogP contribution < -0.4 is 26.2 Å². The van der Waals surface area contributed by atoms with Crippen molar-refractivity contribution < 1.29 is 0 Å². The first kappa shape index (κ1) is 36.1. The molecule has 0 unspecified atom stereocenters. The van der Waals surface area contributed by atoms with Crippen molar-refractivity contribution in [3.05, 3.63) is 124 Å². The van der Waals surface area contributed by atoms with Gasteiger partial charge in [0, 0.05) is 34.1 Å². The molecule has 2 heterocycles. The predicted molar refractivity (Wildman–Crippen MR) is 229 cm³/mol. The summed E-state index contributed by atoms with van der Waals surface area (Å²) < 4.78 is 0. The Balaban J connectivity index is 1.59. The second kappa shape index (κ2) is 11.9. The maximum absolute atomic E-state index is 2.60. The molecule has 0 bridgehead atoms. The van der Waals surface area contributed by atoms with Gasteiger partial charge in [0.2, 0.25) is 0 Å². The van der Waals surface area contributed by atoms with Crippen LogP contribution in [0.15, 0.2) is 84.9 Å². The first-order valence-electron chi connectivity index (χ1n) is 19.3. The predicted octanol–water partition coefficient (Wildman–Crippen LogP) is 11.9. The third kappa shape index (κ3) is 5.99. The van der Waals surface area contributed by atoms with E-state index in [0.29, 0.717) is 0 Å². The van der Waals surface area contributed by atoms with Crippen molar-refractivity contribution in [2.75, 3.05) is 9.80 Å². The molecule has 0 radical (unpaired) electrons. The fourth-order valence-corrected chi connectivity index (χ4v) is 8.33. The average Bonchev–Trinajstić information content (AvgIpc) is 3.03. The quantitative estimate of drug-likeness (QED) is 0.167. The molecule has 5 aromatic carbocycles. The summed E-state index contributed by atoms with van der Waals surface area (Å²) in [5.41, 5.74) is 21.3. The molecule has 0 saturated heterocycles. The summed E-state index contributed by atoms with van der Waals surface area (Å²) in [6.45, 7) is 34.8. The molecule has 0 amide bonds. The van der Waals surface area contributed by atoms with Crippen LogP contribution in [0.1, 0.15) is 122 Å². The van der Waals surface area contributed by atoms with Crippen molar-refractivity contribution in [1.29, 1.82) is 0 Å². The van der Waals surface area contributed by atoms with Gasteiger partial charge in [-0.3, -0.25) is 0 Å². The molecule has 0 spiro atoms. The monoisotopic (exact) mass is 686 g/mol. The molecule has 0 aromatic heterocycles. The second-order valence-electron chi connectivity index (χ2n) is 19.9. The van der Waals surface area contributed by atoms with Gasteiger partial charge in [0.1, 0.15) is 0 Å². The van der Waals surface area contributed by atoms with Gasteiger partial charge in [-0.2, -0.15) is 0 Å². The highest BCUT2D eigenvalue weighted by Crippen LogP contribution is 2.47. The first-order valence-corrected chi connectivity index (χ1v) is 19.3. The zero-order valence-electron chi connectivity index (χ0n) is 34.6. The normalized spacial score (nSPS) is 14.3. The minimum atomic E-state index is 0.0152. The molecule has 0 N–H and O–H groups in total. The van der Waals surface area contributed by atoms with Crippen molar-refractivity contribution in [2.45, 2.75) is 126 Å². The van der Waals surface area contributed by atoms with Crippen LogP contribution >= 0.6 is 0 Å². The van der Waals surface area contributed by atoms with Gasteiger partial charge < -0.3 is 9.80 Å². The summed E-state index contributed by atoms with van der Waals surface area (Å²) in [6.07, 6.45) is 0. The number of rotatable bonds is 2. The van der Waals surface area contributed by atoms with Gasteiger partial charge in [0.25, 0.3) is 6.71 Å². The lowest BCUT2D eigenvalue weighted by molar-refractivity contribution is 0.589. The van der Waals surface area contributed by atoms with E-state index in [1.165, 1.54) is 89.5 Å². The lowest BCUT2D eigenvalue weighted by Crippen LogP contribution is -2.61. The van der Waals surface area contributed by atoms with Crippen LogP contribution in [0.4, 0.5) is 34.1 Å². The van der Waals surface area contributed by atoms with Gasteiger partial charge in [-0.15, -0.1) is 0 Å². The van der Waals surface area contributed by atoms with Crippen LogP contribution in [-0.2, 0) is 21.7 Å². The number of benzene rings is 5. The molecule has 3 heteroatoms. The van der Waals surface area contributed by atoms with Gasteiger partial charge in [-0.1, -0.05) is 132 Å². The van der Waals surface area contributed by atoms with E-state index >= 15 is 0 Å². The van der Waals surface area contributed by atoms with Crippen LogP contribution in [0.5, 0.6) is 0 Å². The molecule has 2 aliphatic heterocycles. The maximum Gasteiger partial charge on any atom is 0.252 e. The van der Waals surface area contributed by atoms with E-state index in [-0.39, 0.29) is 28.4 Å². The number of anilines is 6. The van der Waals surface area contributed by atoms with Crippen molar-refractivity contribution in [1.82, 2.24) is 0 Å². The third-order valence-corrected chi connectivity index (χ3v) is 11.6. The van der Waals surface area contributed by atoms with Crippen LogP contribution in [0.25, 0.3) is 0 Å². The highest BCUT2D eigenvalue weighted by atomic mass is 15.2. The third-order valence-electron chi connectivity index (χ3n) is 11.6. The van der Waals surface area contributed by atoms with Crippen molar-refractivity contribution in [3.8, 4) is 0 Å². The van der Waals surface area contributed by atoms with E-state index < -0.39 is 0 Å². The number of aryl methyl sites for hydroxylation is 3. The average molecular weight is 687 g/mol. The highest BCUT2D eigenvalue weighted by Gasteiger charge is 2.44. The van der Waals surface area contributed by atoms with Crippen molar-refractivity contribution >= 4 is 57.2 Å².